The molecule has 3 rings (SSSR count). The molecule has 0 bridgehead atoms. The minimum absolute atomic E-state index is 0.167. The summed E-state index contributed by atoms with van der Waals surface area (Å²) < 4.78 is 0. The van der Waals surface area contributed by atoms with E-state index in [2.05, 4.69) is 15.5 Å². The van der Waals surface area contributed by atoms with E-state index >= 15 is 0 Å². The quantitative estimate of drug-likeness (QED) is 0.710. The van der Waals surface area contributed by atoms with Gasteiger partial charge < -0.3 is 15.5 Å². The third-order valence-corrected chi connectivity index (χ3v) is 5.63. The third kappa shape index (κ3) is 5.17. The number of benzene rings is 2. The fourth-order valence-corrected chi connectivity index (χ4v) is 3.50. The van der Waals surface area contributed by atoms with Gasteiger partial charge in [-0.05, 0) is 69.9 Å². The van der Waals surface area contributed by atoms with Crippen molar-refractivity contribution in [1.29, 1.82) is 0 Å². The Labute approximate surface area is 173 Å². The van der Waals surface area contributed by atoms with Gasteiger partial charge in [0.25, 0.3) is 0 Å². The largest absolute Gasteiger partial charge is 0.372 e. The van der Waals surface area contributed by atoms with Crippen molar-refractivity contribution < 1.29 is 9.59 Å². The van der Waals surface area contributed by atoms with Gasteiger partial charge in [0.2, 0.25) is 11.8 Å². The van der Waals surface area contributed by atoms with Crippen LogP contribution in [-0.4, -0.2) is 24.9 Å². The Morgan fingerprint density at radius 3 is 2.14 bits per heavy atom. The van der Waals surface area contributed by atoms with E-state index in [1.54, 1.807) is 13.8 Å². The molecule has 5 heteroatoms. The van der Waals surface area contributed by atoms with Crippen LogP contribution >= 0.6 is 0 Å². The molecule has 1 aliphatic heterocycles. The monoisotopic (exact) mass is 393 g/mol. The average Bonchev–Trinajstić information content (AvgIpc) is 2.75. The standard InChI is InChI=1S/C24H31N3O2/c1-18(19-10-6-4-7-11-19)25-22(28)24(2,3)23(29)26-20-12-14-21(15-13-20)27-16-8-5-9-17-27/h4,6-7,10-15,18H,5,8-9,16-17H2,1-3H3,(H,25,28)(H,26,29). The number of piperidine rings is 1. The highest BCUT2D eigenvalue weighted by molar-refractivity contribution is 6.10. The lowest BCUT2D eigenvalue weighted by atomic mass is 9.90. The van der Waals surface area contributed by atoms with Crippen molar-refractivity contribution >= 4 is 23.2 Å². The van der Waals surface area contributed by atoms with Gasteiger partial charge in [-0.1, -0.05) is 30.3 Å². The maximum atomic E-state index is 12.8. The van der Waals surface area contributed by atoms with Crippen LogP contribution in [-0.2, 0) is 9.59 Å². The maximum Gasteiger partial charge on any atom is 0.239 e. The van der Waals surface area contributed by atoms with Crippen LogP contribution < -0.4 is 15.5 Å². The molecule has 1 fully saturated rings. The SMILES string of the molecule is CC(NC(=O)C(C)(C)C(=O)Nc1ccc(N2CCCCC2)cc1)c1ccccc1. The summed E-state index contributed by atoms with van der Waals surface area (Å²) in [6.45, 7) is 7.38. The van der Waals surface area contributed by atoms with Gasteiger partial charge in [-0.25, -0.2) is 0 Å². The van der Waals surface area contributed by atoms with E-state index in [1.807, 2.05) is 61.5 Å². The van der Waals surface area contributed by atoms with Gasteiger partial charge in [-0.3, -0.25) is 9.59 Å². The van der Waals surface area contributed by atoms with Crippen LogP contribution in [0, 0.1) is 5.41 Å². The van der Waals surface area contributed by atoms with Crippen LogP contribution in [0.3, 0.4) is 0 Å². The molecular formula is C24H31N3O2. The molecule has 2 amide bonds. The summed E-state index contributed by atoms with van der Waals surface area (Å²) in [5, 5.41) is 5.84. The Morgan fingerprint density at radius 2 is 1.52 bits per heavy atom. The molecular weight excluding hydrogens is 362 g/mol. The molecule has 1 heterocycles. The van der Waals surface area contributed by atoms with Gasteiger partial charge in [0, 0.05) is 24.5 Å². The minimum Gasteiger partial charge on any atom is -0.372 e. The Bertz CT molecular complexity index is 825. The van der Waals surface area contributed by atoms with Crippen molar-refractivity contribution in [3.05, 3.63) is 60.2 Å². The first-order valence-electron chi connectivity index (χ1n) is 10.4. The topological polar surface area (TPSA) is 61.4 Å². The molecule has 2 N–H and O–H groups in total. The van der Waals surface area contributed by atoms with E-state index in [0.717, 1.165) is 18.7 Å². The Balaban J connectivity index is 1.60. The molecule has 154 valence electrons. The van der Waals surface area contributed by atoms with Gasteiger partial charge >= 0.3 is 0 Å². The third-order valence-electron chi connectivity index (χ3n) is 5.63. The first-order valence-corrected chi connectivity index (χ1v) is 10.4. The number of nitrogens with one attached hydrogen (secondary N) is 2. The number of amides is 2. The fraction of sp³-hybridized carbons (Fsp3) is 0.417. The number of rotatable bonds is 6. The van der Waals surface area contributed by atoms with E-state index in [9.17, 15) is 9.59 Å². The second-order valence-electron chi connectivity index (χ2n) is 8.28. The van der Waals surface area contributed by atoms with E-state index in [4.69, 9.17) is 0 Å². The summed E-state index contributed by atoms with van der Waals surface area (Å²) in [5.41, 5.74) is 1.70. The van der Waals surface area contributed by atoms with Crippen molar-refractivity contribution in [3.63, 3.8) is 0 Å². The van der Waals surface area contributed by atoms with Crippen LogP contribution in [0.2, 0.25) is 0 Å². The normalized spacial score (nSPS) is 15.5. The lowest BCUT2D eigenvalue weighted by molar-refractivity contribution is -0.138. The van der Waals surface area contributed by atoms with Gasteiger partial charge in [0.15, 0.2) is 0 Å². The molecule has 29 heavy (non-hydrogen) atoms. The molecule has 0 saturated carbocycles. The lowest BCUT2D eigenvalue weighted by Gasteiger charge is -2.29. The predicted molar refractivity (Wildman–Crippen MR) is 118 cm³/mol. The summed E-state index contributed by atoms with van der Waals surface area (Å²) in [7, 11) is 0. The van der Waals surface area contributed by atoms with E-state index in [1.165, 1.54) is 24.9 Å². The zero-order valence-electron chi connectivity index (χ0n) is 17.6. The van der Waals surface area contributed by atoms with E-state index in [0.29, 0.717) is 5.69 Å². The highest BCUT2D eigenvalue weighted by Crippen LogP contribution is 2.24. The number of nitrogens with zero attached hydrogens (tertiary/aromatic N) is 1. The molecule has 0 radical (unpaired) electrons. The lowest BCUT2D eigenvalue weighted by Crippen LogP contribution is -2.45. The maximum absolute atomic E-state index is 12.8. The molecule has 1 aliphatic rings. The van der Waals surface area contributed by atoms with Crippen molar-refractivity contribution in [2.75, 3.05) is 23.3 Å². The number of carbonyl (C=O) groups excluding carboxylic acids is 2. The molecule has 1 saturated heterocycles. The molecule has 0 aromatic heterocycles. The molecule has 1 atom stereocenters. The summed E-state index contributed by atoms with van der Waals surface area (Å²) in [4.78, 5) is 27.9. The second-order valence-corrected chi connectivity index (χ2v) is 8.28. The molecule has 0 spiro atoms. The minimum atomic E-state index is -1.19. The van der Waals surface area contributed by atoms with E-state index < -0.39 is 5.41 Å². The summed E-state index contributed by atoms with van der Waals surface area (Å²) in [5.74, 6) is -0.614. The van der Waals surface area contributed by atoms with E-state index in [-0.39, 0.29) is 17.9 Å². The zero-order valence-corrected chi connectivity index (χ0v) is 17.6. The molecule has 5 nitrogen and oxygen atoms in total. The Kier molecular flexibility index (Phi) is 6.57. The fourth-order valence-electron chi connectivity index (χ4n) is 3.50. The number of anilines is 2. The summed E-state index contributed by atoms with van der Waals surface area (Å²) >= 11 is 0. The summed E-state index contributed by atoms with van der Waals surface area (Å²) in [6, 6.07) is 17.4. The highest BCUT2D eigenvalue weighted by atomic mass is 16.2. The van der Waals surface area contributed by atoms with Crippen LogP contribution in [0.25, 0.3) is 0 Å². The zero-order chi connectivity index (χ0) is 20.9. The second kappa shape index (κ2) is 9.12. The van der Waals surface area contributed by atoms with Crippen molar-refractivity contribution in [3.8, 4) is 0 Å². The molecule has 2 aromatic carbocycles. The number of hydrogen-bond donors (Lipinski definition) is 2. The first kappa shape index (κ1) is 20.9. The van der Waals surface area contributed by atoms with Crippen molar-refractivity contribution in [1.82, 2.24) is 5.32 Å². The predicted octanol–water partition coefficient (Wildman–Crippen LogP) is 4.52. The average molecular weight is 394 g/mol. The van der Waals surface area contributed by atoms with Gasteiger partial charge in [0.05, 0.1) is 6.04 Å². The Morgan fingerprint density at radius 1 is 0.897 bits per heavy atom. The van der Waals surface area contributed by atoms with Gasteiger partial charge in [-0.15, -0.1) is 0 Å². The van der Waals surface area contributed by atoms with Crippen LogP contribution in [0.1, 0.15) is 51.6 Å². The smallest absolute Gasteiger partial charge is 0.239 e. The van der Waals surface area contributed by atoms with Gasteiger partial charge in [-0.2, -0.15) is 0 Å². The molecule has 1 unspecified atom stereocenters. The molecule has 0 aliphatic carbocycles. The van der Waals surface area contributed by atoms with Gasteiger partial charge in [0.1, 0.15) is 5.41 Å². The summed E-state index contributed by atoms with van der Waals surface area (Å²) in [6.07, 6.45) is 3.75. The molecule has 2 aromatic rings. The highest BCUT2D eigenvalue weighted by Gasteiger charge is 2.36. The first-order chi connectivity index (χ1) is 13.9. The number of carbonyl (C=O) groups is 2. The van der Waals surface area contributed by atoms with Crippen LogP contribution in [0.15, 0.2) is 54.6 Å². The Hall–Kier alpha value is -2.82. The van der Waals surface area contributed by atoms with Crippen molar-refractivity contribution in [2.45, 2.75) is 46.1 Å². The van der Waals surface area contributed by atoms with Crippen LogP contribution in [0.5, 0.6) is 0 Å². The van der Waals surface area contributed by atoms with Crippen molar-refractivity contribution in [2.24, 2.45) is 5.41 Å². The van der Waals surface area contributed by atoms with Crippen LogP contribution in [0.4, 0.5) is 11.4 Å². The number of hydrogen-bond acceptors (Lipinski definition) is 3.